The number of methoxy groups -OCH3 is 3. The van der Waals surface area contributed by atoms with Crippen LogP contribution in [0.25, 0.3) is 10.9 Å². The average Bonchev–Trinajstić information content (AvgIpc) is 2.79. The van der Waals surface area contributed by atoms with Crippen molar-refractivity contribution < 1.29 is 14.2 Å². The van der Waals surface area contributed by atoms with Crippen molar-refractivity contribution in [2.24, 2.45) is 0 Å². The summed E-state index contributed by atoms with van der Waals surface area (Å²) in [6.45, 7) is 0.280. The van der Waals surface area contributed by atoms with Crippen LogP contribution in [0, 0.1) is 11.3 Å². The van der Waals surface area contributed by atoms with E-state index in [0.717, 1.165) is 10.9 Å². The molecule has 94 valence electrons. The first-order chi connectivity index (χ1) is 8.76. The standard InChI is InChI=1S/C13H14N2O3/c1-16-11-8-10-9(4-6-15(10)7-5-14)12(17-2)13(11)18-3/h4,6,8H,7H2,1-3H3. The molecule has 0 saturated carbocycles. The van der Waals surface area contributed by atoms with E-state index in [-0.39, 0.29) is 6.54 Å². The van der Waals surface area contributed by atoms with Gasteiger partial charge in [-0.3, -0.25) is 0 Å². The minimum atomic E-state index is 0.280. The van der Waals surface area contributed by atoms with Gasteiger partial charge in [0.05, 0.1) is 32.9 Å². The maximum Gasteiger partial charge on any atom is 0.204 e. The number of hydrogen-bond donors (Lipinski definition) is 0. The molecule has 0 saturated heterocycles. The van der Waals surface area contributed by atoms with E-state index in [9.17, 15) is 0 Å². The Morgan fingerprint density at radius 1 is 1.17 bits per heavy atom. The number of benzene rings is 1. The molecule has 0 aliphatic carbocycles. The van der Waals surface area contributed by atoms with Crippen LogP contribution in [-0.4, -0.2) is 25.9 Å². The summed E-state index contributed by atoms with van der Waals surface area (Å²) in [5.74, 6) is 1.76. The van der Waals surface area contributed by atoms with E-state index < -0.39 is 0 Å². The molecule has 5 nitrogen and oxygen atoms in total. The van der Waals surface area contributed by atoms with Gasteiger partial charge in [0.15, 0.2) is 11.5 Å². The number of nitrogens with zero attached hydrogens (tertiary/aromatic N) is 2. The fourth-order valence-corrected chi connectivity index (χ4v) is 2.02. The summed E-state index contributed by atoms with van der Waals surface area (Å²) < 4.78 is 17.8. The monoisotopic (exact) mass is 246 g/mol. The minimum Gasteiger partial charge on any atom is -0.493 e. The molecule has 1 heterocycles. The van der Waals surface area contributed by atoms with Crippen molar-refractivity contribution in [2.45, 2.75) is 6.54 Å². The predicted octanol–water partition coefficient (Wildman–Crippen LogP) is 2.19. The van der Waals surface area contributed by atoms with Crippen molar-refractivity contribution >= 4 is 10.9 Å². The lowest BCUT2D eigenvalue weighted by Crippen LogP contribution is -1.98. The molecule has 0 spiro atoms. The summed E-state index contributed by atoms with van der Waals surface area (Å²) in [4.78, 5) is 0. The van der Waals surface area contributed by atoms with Gasteiger partial charge in [-0.1, -0.05) is 0 Å². The highest BCUT2D eigenvalue weighted by molar-refractivity contribution is 5.91. The summed E-state index contributed by atoms with van der Waals surface area (Å²) >= 11 is 0. The van der Waals surface area contributed by atoms with Crippen LogP contribution in [0.3, 0.4) is 0 Å². The Labute approximate surface area is 105 Å². The van der Waals surface area contributed by atoms with Gasteiger partial charge in [-0.15, -0.1) is 0 Å². The second kappa shape index (κ2) is 4.88. The maximum atomic E-state index is 8.79. The third-order valence-corrected chi connectivity index (χ3v) is 2.82. The average molecular weight is 246 g/mol. The number of fused-ring (bicyclic) bond motifs is 1. The molecule has 0 radical (unpaired) electrons. The summed E-state index contributed by atoms with van der Waals surface area (Å²) in [7, 11) is 4.72. The number of nitriles is 1. The Bertz CT molecular complexity index is 611. The number of aromatic nitrogens is 1. The fourth-order valence-electron chi connectivity index (χ4n) is 2.02. The van der Waals surface area contributed by atoms with Gasteiger partial charge in [-0.25, -0.2) is 0 Å². The topological polar surface area (TPSA) is 56.4 Å². The molecule has 1 aromatic heterocycles. The molecule has 0 unspecified atom stereocenters. The van der Waals surface area contributed by atoms with Crippen molar-refractivity contribution in [3.05, 3.63) is 18.3 Å². The molecule has 0 fully saturated rings. The number of rotatable bonds is 4. The minimum absolute atomic E-state index is 0.280. The van der Waals surface area contributed by atoms with Crippen LogP contribution < -0.4 is 14.2 Å². The van der Waals surface area contributed by atoms with E-state index in [1.54, 1.807) is 21.3 Å². The molecule has 0 amide bonds. The lowest BCUT2D eigenvalue weighted by Gasteiger charge is -2.13. The molecular formula is C13H14N2O3. The molecule has 2 rings (SSSR count). The van der Waals surface area contributed by atoms with Crippen LogP contribution in [0.2, 0.25) is 0 Å². The molecule has 5 heteroatoms. The van der Waals surface area contributed by atoms with Crippen LogP contribution in [-0.2, 0) is 6.54 Å². The Morgan fingerprint density at radius 2 is 1.89 bits per heavy atom. The highest BCUT2D eigenvalue weighted by atomic mass is 16.5. The Hall–Kier alpha value is -2.35. The number of hydrogen-bond acceptors (Lipinski definition) is 4. The third-order valence-electron chi connectivity index (χ3n) is 2.82. The van der Waals surface area contributed by atoms with E-state index in [1.807, 2.05) is 22.9 Å². The lowest BCUT2D eigenvalue weighted by atomic mass is 10.2. The molecule has 2 aromatic rings. The van der Waals surface area contributed by atoms with Crippen molar-refractivity contribution in [1.29, 1.82) is 5.26 Å². The highest BCUT2D eigenvalue weighted by Gasteiger charge is 2.17. The molecule has 0 N–H and O–H groups in total. The first kappa shape index (κ1) is 12.1. The van der Waals surface area contributed by atoms with Gasteiger partial charge in [0, 0.05) is 17.6 Å². The second-order valence-corrected chi connectivity index (χ2v) is 3.68. The maximum absolute atomic E-state index is 8.79. The van der Waals surface area contributed by atoms with Gasteiger partial charge >= 0.3 is 0 Å². The third kappa shape index (κ3) is 1.72. The van der Waals surface area contributed by atoms with Crippen molar-refractivity contribution in [3.63, 3.8) is 0 Å². The largest absolute Gasteiger partial charge is 0.493 e. The van der Waals surface area contributed by atoms with Crippen molar-refractivity contribution in [2.75, 3.05) is 21.3 Å². The van der Waals surface area contributed by atoms with E-state index in [1.165, 1.54) is 0 Å². The Morgan fingerprint density at radius 3 is 2.44 bits per heavy atom. The molecule has 0 bridgehead atoms. The smallest absolute Gasteiger partial charge is 0.204 e. The predicted molar refractivity (Wildman–Crippen MR) is 67.2 cm³/mol. The van der Waals surface area contributed by atoms with E-state index >= 15 is 0 Å². The van der Waals surface area contributed by atoms with Crippen LogP contribution in [0.1, 0.15) is 0 Å². The Kier molecular flexibility index (Phi) is 3.28. The zero-order valence-corrected chi connectivity index (χ0v) is 10.6. The van der Waals surface area contributed by atoms with Crippen molar-refractivity contribution in [1.82, 2.24) is 4.57 Å². The molecule has 0 aliphatic heterocycles. The van der Waals surface area contributed by atoms with Gasteiger partial charge < -0.3 is 18.8 Å². The molecule has 0 aliphatic rings. The second-order valence-electron chi connectivity index (χ2n) is 3.68. The van der Waals surface area contributed by atoms with Crippen LogP contribution in [0.15, 0.2) is 18.3 Å². The van der Waals surface area contributed by atoms with Gasteiger partial charge in [0.2, 0.25) is 5.75 Å². The quantitative estimate of drug-likeness (QED) is 0.829. The summed E-state index contributed by atoms with van der Waals surface area (Å²) in [6.07, 6.45) is 1.84. The van der Waals surface area contributed by atoms with Gasteiger partial charge in [0.25, 0.3) is 0 Å². The fraction of sp³-hybridized carbons (Fsp3) is 0.308. The van der Waals surface area contributed by atoms with Crippen LogP contribution >= 0.6 is 0 Å². The SMILES string of the molecule is COc1cc2c(ccn2CC#N)c(OC)c1OC. The van der Waals surface area contributed by atoms with Gasteiger partial charge in [-0.05, 0) is 6.07 Å². The van der Waals surface area contributed by atoms with E-state index in [4.69, 9.17) is 19.5 Å². The number of ether oxygens (including phenoxy) is 3. The first-order valence-electron chi connectivity index (χ1n) is 5.41. The van der Waals surface area contributed by atoms with E-state index in [0.29, 0.717) is 17.2 Å². The van der Waals surface area contributed by atoms with Gasteiger partial charge in [-0.2, -0.15) is 5.26 Å². The Balaban J connectivity index is 2.77. The summed E-state index contributed by atoms with van der Waals surface area (Å²) in [5.41, 5.74) is 0.881. The van der Waals surface area contributed by atoms with Crippen LogP contribution in [0.4, 0.5) is 0 Å². The van der Waals surface area contributed by atoms with Gasteiger partial charge in [0.1, 0.15) is 6.54 Å². The molecular weight excluding hydrogens is 232 g/mol. The van der Waals surface area contributed by atoms with E-state index in [2.05, 4.69) is 6.07 Å². The normalized spacial score (nSPS) is 10.1. The highest BCUT2D eigenvalue weighted by Crippen LogP contribution is 2.43. The molecule has 0 atom stereocenters. The first-order valence-corrected chi connectivity index (χ1v) is 5.41. The molecule has 1 aromatic carbocycles. The van der Waals surface area contributed by atoms with Crippen molar-refractivity contribution in [3.8, 4) is 23.3 Å². The zero-order chi connectivity index (χ0) is 13.1. The summed E-state index contributed by atoms with van der Waals surface area (Å²) in [6, 6.07) is 5.85. The summed E-state index contributed by atoms with van der Waals surface area (Å²) in [5, 5.41) is 9.69. The zero-order valence-electron chi connectivity index (χ0n) is 10.6. The lowest BCUT2D eigenvalue weighted by molar-refractivity contribution is 0.327. The van der Waals surface area contributed by atoms with Crippen LogP contribution in [0.5, 0.6) is 17.2 Å². The molecule has 18 heavy (non-hydrogen) atoms.